The predicted molar refractivity (Wildman–Crippen MR) is 150 cm³/mol. The van der Waals surface area contributed by atoms with Gasteiger partial charge in [-0.15, -0.1) is 56.7 Å². The SMILES string of the molecule is Cc1c(-c2ccc(/C=C(\C#N)C(F)(F)F)s2)sc2c1sc1c(C)c(-c3ccc(/C=C(\C#N)C(F)(F)F)s3)sc12. The molecule has 0 N–H and O–H groups in total. The number of nitriles is 2. The van der Waals surface area contributed by atoms with Gasteiger partial charge in [-0.25, -0.2) is 0 Å². The largest absolute Gasteiger partial charge is 0.426 e. The summed E-state index contributed by atoms with van der Waals surface area (Å²) in [4.78, 5) is 4.17. The third-order valence-electron chi connectivity index (χ3n) is 5.72. The number of halogens is 6. The molecule has 0 radical (unpaired) electrons. The minimum absolute atomic E-state index is 0.335. The predicted octanol–water partition coefficient (Wildman–Crippen LogP) is 11.2. The first-order chi connectivity index (χ1) is 18.3. The molecule has 0 aliphatic rings. The summed E-state index contributed by atoms with van der Waals surface area (Å²) in [5, 5.41) is 17.7. The van der Waals surface area contributed by atoms with Crippen LogP contribution in [0.15, 0.2) is 35.4 Å². The van der Waals surface area contributed by atoms with E-state index in [0.717, 1.165) is 61.6 Å². The van der Waals surface area contributed by atoms with Crippen LogP contribution in [0.25, 0.3) is 50.5 Å². The second-order valence-corrected chi connectivity index (χ2v) is 13.6. The van der Waals surface area contributed by atoms with Crippen molar-refractivity contribution < 1.29 is 26.3 Å². The Morgan fingerprint density at radius 3 is 1.33 bits per heavy atom. The summed E-state index contributed by atoms with van der Waals surface area (Å²) in [7, 11) is 0. The van der Waals surface area contributed by atoms with E-state index in [1.165, 1.54) is 34.8 Å². The van der Waals surface area contributed by atoms with Crippen LogP contribution < -0.4 is 0 Å². The number of aryl methyl sites for hydroxylation is 2. The second-order valence-electron chi connectivity index (χ2n) is 8.27. The average molecular weight is 627 g/mol. The highest BCUT2D eigenvalue weighted by molar-refractivity contribution is 7.41. The van der Waals surface area contributed by atoms with Crippen molar-refractivity contribution in [2.75, 3.05) is 0 Å². The van der Waals surface area contributed by atoms with Crippen molar-refractivity contribution in [3.63, 3.8) is 0 Å². The van der Waals surface area contributed by atoms with Crippen molar-refractivity contribution in [3.05, 3.63) is 56.3 Å². The first kappa shape index (κ1) is 27.6. The van der Waals surface area contributed by atoms with E-state index in [9.17, 15) is 26.3 Å². The summed E-state index contributed by atoms with van der Waals surface area (Å²) in [6.45, 7) is 3.95. The molecular weight excluding hydrogens is 615 g/mol. The maximum Gasteiger partial charge on any atom is 0.426 e. The molecule has 0 saturated heterocycles. The van der Waals surface area contributed by atoms with E-state index < -0.39 is 23.5 Å². The van der Waals surface area contributed by atoms with Crippen molar-refractivity contribution in [1.82, 2.24) is 0 Å². The molecule has 0 unspecified atom stereocenters. The first-order valence-corrected chi connectivity index (χ1v) is 14.9. The van der Waals surface area contributed by atoms with E-state index >= 15 is 0 Å². The molecule has 5 rings (SSSR count). The maximum atomic E-state index is 13.0. The van der Waals surface area contributed by atoms with Crippen molar-refractivity contribution in [2.45, 2.75) is 26.2 Å². The van der Waals surface area contributed by atoms with Gasteiger partial charge in [-0.2, -0.15) is 36.9 Å². The van der Waals surface area contributed by atoms with Crippen molar-refractivity contribution in [3.8, 4) is 31.6 Å². The smallest absolute Gasteiger partial charge is 0.192 e. The molecule has 39 heavy (non-hydrogen) atoms. The van der Waals surface area contributed by atoms with E-state index in [0.29, 0.717) is 9.75 Å². The highest BCUT2D eigenvalue weighted by atomic mass is 32.1. The van der Waals surface area contributed by atoms with E-state index in [2.05, 4.69) is 0 Å². The summed E-state index contributed by atoms with van der Waals surface area (Å²) < 4.78 is 82.2. The van der Waals surface area contributed by atoms with Crippen LogP contribution in [0, 0.1) is 36.5 Å². The first-order valence-electron chi connectivity index (χ1n) is 10.8. The third-order valence-corrected chi connectivity index (χ3v) is 12.6. The zero-order valence-electron chi connectivity index (χ0n) is 19.7. The van der Waals surface area contributed by atoms with Gasteiger partial charge in [-0.05, 0) is 61.4 Å². The normalized spacial score (nSPS) is 13.4. The quantitative estimate of drug-likeness (QED) is 0.147. The molecular formula is C26H12F6N2S5. The summed E-state index contributed by atoms with van der Waals surface area (Å²) in [6, 6.07) is 9.07. The zero-order chi connectivity index (χ0) is 28.3. The molecule has 0 aliphatic carbocycles. The Labute approximate surface area is 237 Å². The molecule has 0 fully saturated rings. The lowest BCUT2D eigenvalue weighted by Gasteiger charge is -2.02. The van der Waals surface area contributed by atoms with Gasteiger partial charge < -0.3 is 0 Å². The Balaban J connectivity index is 1.53. The Morgan fingerprint density at radius 2 is 1.00 bits per heavy atom. The van der Waals surface area contributed by atoms with Gasteiger partial charge in [0.05, 0.1) is 18.8 Å². The van der Waals surface area contributed by atoms with Crippen molar-refractivity contribution in [1.29, 1.82) is 10.5 Å². The number of hydrogen-bond acceptors (Lipinski definition) is 7. The van der Waals surface area contributed by atoms with Gasteiger partial charge in [-0.1, -0.05) is 0 Å². The summed E-state index contributed by atoms with van der Waals surface area (Å²) >= 11 is 7.09. The third kappa shape index (κ3) is 5.06. The Morgan fingerprint density at radius 1 is 0.615 bits per heavy atom. The lowest BCUT2D eigenvalue weighted by molar-refractivity contribution is -0.0873. The fourth-order valence-electron chi connectivity index (χ4n) is 3.86. The minimum atomic E-state index is -4.71. The molecule has 2 nitrogen and oxygen atoms in total. The molecule has 0 spiro atoms. The Bertz CT molecular complexity index is 1750. The molecule has 0 aromatic carbocycles. The molecule has 198 valence electrons. The van der Waals surface area contributed by atoms with Crippen LogP contribution in [-0.2, 0) is 0 Å². The van der Waals surface area contributed by atoms with Crippen LogP contribution in [-0.4, -0.2) is 12.4 Å². The van der Waals surface area contributed by atoms with Crippen molar-refractivity contribution in [2.24, 2.45) is 0 Å². The highest BCUT2D eigenvalue weighted by Gasteiger charge is 2.35. The second kappa shape index (κ2) is 9.91. The molecule has 5 aromatic heterocycles. The lowest BCUT2D eigenvalue weighted by atomic mass is 10.2. The van der Waals surface area contributed by atoms with Gasteiger partial charge in [0.15, 0.2) is 0 Å². The minimum Gasteiger partial charge on any atom is -0.192 e. The number of alkyl halides is 6. The molecule has 0 bridgehead atoms. The van der Waals surface area contributed by atoms with Crippen LogP contribution in [0.2, 0.25) is 0 Å². The van der Waals surface area contributed by atoms with E-state index in [1.54, 1.807) is 58.3 Å². The fourth-order valence-corrected chi connectivity index (χ4v) is 10.5. The number of fused-ring (bicyclic) bond motifs is 3. The molecule has 5 heterocycles. The molecule has 0 amide bonds. The van der Waals surface area contributed by atoms with Gasteiger partial charge in [0.1, 0.15) is 23.3 Å². The van der Waals surface area contributed by atoms with Crippen molar-refractivity contribution >= 4 is 87.6 Å². The highest BCUT2D eigenvalue weighted by Crippen LogP contribution is 2.53. The Hall–Kier alpha value is -2.94. The van der Waals surface area contributed by atoms with E-state index in [1.807, 2.05) is 13.8 Å². The standard InChI is InChI=1S/C26H12F6N2S5/c1-11-19(17-5-3-15(35-17)7-13(9-33)25(27,28)29)37-23-21(11)39-22-12(2)20(38-24(22)23)18-6-4-16(36-18)8-14(10-34)26(30,31)32/h3-8H,1-2H3/b13-7+,14-8+. The summed E-state index contributed by atoms with van der Waals surface area (Å²) in [5.74, 6) is 0. The molecule has 0 atom stereocenters. The van der Waals surface area contributed by atoms with E-state index in [-0.39, 0.29) is 0 Å². The fraction of sp³-hybridized carbons (Fsp3) is 0.154. The van der Waals surface area contributed by atoms with Gasteiger partial charge in [-0.3, -0.25) is 0 Å². The van der Waals surface area contributed by atoms with Gasteiger partial charge in [0.25, 0.3) is 0 Å². The van der Waals surface area contributed by atoms with Crippen LogP contribution in [0.1, 0.15) is 20.9 Å². The van der Waals surface area contributed by atoms with E-state index in [4.69, 9.17) is 10.5 Å². The monoisotopic (exact) mass is 626 g/mol. The van der Waals surface area contributed by atoms with Crippen LogP contribution in [0.4, 0.5) is 26.3 Å². The average Bonchev–Trinajstić information content (AvgIpc) is 3.65. The van der Waals surface area contributed by atoms with Gasteiger partial charge in [0, 0.05) is 29.3 Å². The van der Waals surface area contributed by atoms with Gasteiger partial charge >= 0.3 is 12.4 Å². The maximum absolute atomic E-state index is 13.0. The number of nitrogens with zero attached hydrogens (tertiary/aromatic N) is 2. The van der Waals surface area contributed by atoms with Gasteiger partial charge in [0.2, 0.25) is 0 Å². The topological polar surface area (TPSA) is 47.6 Å². The number of hydrogen-bond donors (Lipinski definition) is 0. The number of allylic oxidation sites excluding steroid dienone is 2. The Kier molecular flexibility index (Phi) is 7.02. The number of thiophene rings is 5. The lowest BCUT2D eigenvalue weighted by Crippen LogP contribution is -2.09. The molecule has 0 saturated carbocycles. The van der Waals surface area contributed by atoms with Crippen LogP contribution >= 0.6 is 56.7 Å². The summed E-state index contributed by atoms with van der Waals surface area (Å²) in [6.07, 6.45) is -7.72. The molecule has 0 aliphatic heterocycles. The zero-order valence-corrected chi connectivity index (χ0v) is 23.8. The van der Waals surface area contributed by atoms with Crippen LogP contribution in [0.3, 0.4) is 0 Å². The summed E-state index contributed by atoms with van der Waals surface area (Å²) in [5.41, 5.74) is -0.453. The number of rotatable bonds is 4. The molecule has 13 heteroatoms. The molecule has 5 aromatic rings. The van der Waals surface area contributed by atoms with Crippen LogP contribution in [0.5, 0.6) is 0 Å².